The van der Waals surface area contributed by atoms with Gasteiger partial charge in [-0.25, -0.2) is 0 Å². The molecule has 0 bridgehead atoms. The Bertz CT molecular complexity index is 612. The van der Waals surface area contributed by atoms with Crippen LogP contribution in [0.25, 0.3) is 0 Å². The molecule has 20 heavy (non-hydrogen) atoms. The lowest BCUT2D eigenvalue weighted by atomic mass is 9.88. The lowest BCUT2D eigenvalue weighted by Crippen LogP contribution is -2.09. The molecule has 2 aromatic rings. The van der Waals surface area contributed by atoms with Gasteiger partial charge in [-0.1, -0.05) is 50.6 Å². The van der Waals surface area contributed by atoms with Crippen molar-refractivity contribution in [1.82, 2.24) is 4.57 Å². The largest absolute Gasteiger partial charge is 0.342 e. The minimum Gasteiger partial charge on any atom is -0.342 e. The molecule has 0 aliphatic carbocycles. The summed E-state index contributed by atoms with van der Waals surface area (Å²) in [7, 11) is 0. The molecule has 2 atom stereocenters. The zero-order chi connectivity index (χ0) is 14.1. The molecule has 2 nitrogen and oxygen atoms in total. The van der Waals surface area contributed by atoms with Crippen LogP contribution in [0.1, 0.15) is 54.4 Å². The van der Waals surface area contributed by atoms with Gasteiger partial charge in [-0.15, -0.1) is 0 Å². The van der Waals surface area contributed by atoms with Gasteiger partial charge < -0.3 is 4.57 Å². The van der Waals surface area contributed by atoms with Gasteiger partial charge in [0.05, 0.1) is 5.69 Å². The Hall–Kier alpha value is -1.83. The summed E-state index contributed by atoms with van der Waals surface area (Å²) in [6.45, 7) is 5.53. The molecule has 0 fully saturated rings. The lowest BCUT2D eigenvalue weighted by molar-refractivity contribution is 0.103. The number of hydrogen-bond donors (Lipinski definition) is 0. The van der Waals surface area contributed by atoms with Crippen LogP contribution < -0.4 is 0 Å². The van der Waals surface area contributed by atoms with Crippen molar-refractivity contribution in [2.24, 2.45) is 5.92 Å². The maximum Gasteiger partial charge on any atom is 0.209 e. The van der Waals surface area contributed by atoms with Gasteiger partial charge in [-0.05, 0) is 24.5 Å². The lowest BCUT2D eigenvalue weighted by Gasteiger charge is -2.16. The summed E-state index contributed by atoms with van der Waals surface area (Å²) in [5.41, 5.74) is 2.97. The van der Waals surface area contributed by atoms with Gasteiger partial charge in [0.25, 0.3) is 0 Å². The van der Waals surface area contributed by atoms with Crippen molar-refractivity contribution in [2.75, 3.05) is 0 Å². The van der Waals surface area contributed by atoms with Gasteiger partial charge in [0.2, 0.25) is 5.78 Å². The first-order chi connectivity index (χ1) is 9.72. The minimum atomic E-state index is 0.140. The van der Waals surface area contributed by atoms with E-state index in [0.717, 1.165) is 17.8 Å². The molecule has 1 aliphatic rings. The SMILES string of the molecule is CC[C@@H](C)C1CCn2c(C(=O)c3ccccc3)ccc21. The summed E-state index contributed by atoms with van der Waals surface area (Å²) in [4.78, 5) is 12.6. The van der Waals surface area contributed by atoms with Crippen molar-refractivity contribution in [3.8, 4) is 0 Å². The second kappa shape index (κ2) is 5.28. The molecule has 1 aromatic heterocycles. The van der Waals surface area contributed by atoms with Gasteiger partial charge in [-0.3, -0.25) is 4.79 Å². The fraction of sp³-hybridized carbons (Fsp3) is 0.389. The molecule has 0 spiro atoms. The van der Waals surface area contributed by atoms with Crippen molar-refractivity contribution in [3.05, 3.63) is 59.4 Å². The summed E-state index contributed by atoms with van der Waals surface area (Å²) in [5, 5.41) is 0. The Balaban J connectivity index is 1.93. The summed E-state index contributed by atoms with van der Waals surface area (Å²) in [5.74, 6) is 1.44. The summed E-state index contributed by atoms with van der Waals surface area (Å²) >= 11 is 0. The van der Waals surface area contributed by atoms with Crippen molar-refractivity contribution in [2.45, 2.75) is 39.2 Å². The summed E-state index contributed by atoms with van der Waals surface area (Å²) < 4.78 is 2.23. The van der Waals surface area contributed by atoms with E-state index >= 15 is 0 Å². The average molecular weight is 267 g/mol. The number of aromatic nitrogens is 1. The van der Waals surface area contributed by atoms with Crippen LogP contribution in [0.5, 0.6) is 0 Å². The maximum atomic E-state index is 12.6. The smallest absolute Gasteiger partial charge is 0.209 e. The van der Waals surface area contributed by atoms with Crippen LogP contribution in [-0.2, 0) is 6.54 Å². The highest BCUT2D eigenvalue weighted by atomic mass is 16.1. The highest BCUT2D eigenvalue weighted by molar-refractivity contribution is 6.08. The van der Waals surface area contributed by atoms with E-state index < -0.39 is 0 Å². The van der Waals surface area contributed by atoms with E-state index in [1.165, 1.54) is 18.5 Å². The third-order valence-corrected chi connectivity index (χ3v) is 4.66. The Labute approximate surface area is 120 Å². The van der Waals surface area contributed by atoms with Crippen molar-refractivity contribution < 1.29 is 4.79 Å². The first-order valence-corrected chi connectivity index (χ1v) is 7.51. The predicted molar refractivity (Wildman–Crippen MR) is 81.1 cm³/mol. The van der Waals surface area contributed by atoms with Crippen molar-refractivity contribution >= 4 is 5.78 Å². The minimum absolute atomic E-state index is 0.140. The molecule has 2 heteroatoms. The van der Waals surface area contributed by atoms with Gasteiger partial charge in [-0.2, -0.15) is 0 Å². The monoisotopic (exact) mass is 267 g/mol. The summed E-state index contributed by atoms with van der Waals surface area (Å²) in [6.07, 6.45) is 2.36. The van der Waals surface area contributed by atoms with Crippen molar-refractivity contribution in [3.63, 3.8) is 0 Å². The molecule has 1 aromatic carbocycles. The number of ketones is 1. The van der Waals surface area contributed by atoms with Crippen LogP contribution in [0.3, 0.4) is 0 Å². The highest BCUT2D eigenvalue weighted by Crippen LogP contribution is 2.37. The Kier molecular flexibility index (Phi) is 3.47. The first-order valence-electron chi connectivity index (χ1n) is 7.51. The van der Waals surface area contributed by atoms with Gasteiger partial charge >= 0.3 is 0 Å². The molecule has 0 radical (unpaired) electrons. The number of nitrogens with zero attached hydrogens (tertiary/aromatic N) is 1. The van der Waals surface area contributed by atoms with E-state index in [1.807, 2.05) is 36.4 Å². The average Bonchev–Trinajstić information content (AvgIpc) is 3.08. The van der Waals surface area contributed by atoms with Crippen LogP contribution in [0.4, 0.5) is 0 Å². The number of carbonyl (C=O) groups is 1. The number of carbonyl (C=O) groups excluding carboxylic acids is 1. The summed E-state index contributed by atoms with van der Waals surface area (Å²) in [6, 6.07) is 13.7. The van der Waals surface area contributed by atoms with Crippen LogP contribution in [0.15, 0.2) is 42.5 Å². The quantitative estimate of drug-likeness (QED) is 0.759. The normalized spacial score (nSPS) is 18.8. The van der Waals surface area contributed by atoms with Gasteiger partial charge in [0.15, 0.2) is 0 Å². The molecule has 3 rings (SSSR count). The number of hydrogen-bond acceptors (Lipinski definition) is 1. The Morgan fingerprint density at radius 2 is 2.00 bits per heavy atom. The maximum absolute atomic E-state index is 12.6. The molecular formula is C18H21NO. The standard InChI is InChI=1S/C18H21NO/c1-3-13(2)15-11-12-19-16(15)9-10-17(19)18(20)14-7-5-4-6-8-14/h4-10,13,15H,3,11-12H2,1-2H3/t13-,15?/m1/s1. The molecule has 1 unspecified atom stereocenters. The zero-order valence-electron chi connectivity index (χ0n) is 12.2. The molecule has 0 saturated carbocycles. The highest BCUT2D eigenvalue weighted by Gasteiger charge is 2.29. The third-order valence-electron chi connectivity index (χ3n) is 4.66. The van der Waals surface area contributed by atoms with Crippen LogP contribution in [-0.4, -0.2) is 10.4 Å². The van der Waals surface area contributed by atoms with Gasteiger partial charge in [0, 0.05) is 23.7 Å². The van der Waals surface area contributed by atoms with E-state index in [4.69, 9.17) is 0 Å². The molecule has 0 saturated heterocycles. The Morgan fingerprint density at radius 3 is 2.70 bits per heavy atom. The van der Waals surface area contributed by atoms with E-state index in [2.05, 4.69) is 24.5 Å². The van der Waals surface area contributed by atoms with E-state index in [0.29, 0.717) is 11.8 Å². The second-order valence-corrected chi connectivity index (χ2v) is 5.77. The molecule has 2 heterocycles. The van der Waals surface area contributed by atoms with Crippen molar-refractivity contribution in [1.29, 1.82) is 0 Å². The molecule has 104 valence electrons. The molecule has 0 N–H and O–H groups in total. The van der Waals surface area contributed by atoms with E-state index in [9.17, 15) is 4.79 Å². The third kappa shape index (κ3) is 2.09. The van der Waals surface area contributed by atoms with E-state index in [1.54, 1.807) is 0 Å². The molecule has 1 aliphatic heterocycles. The molecular weight excluding hydrogens is 246 g/mol. The topological polar surface area (TPSA) is 22.0 Å². The predicted octanol–water partition coefficient (Wildman–Crippen LogP) is 4.25. The second-order valence-electron chi connectivity index (χ2n) is 5.77. The van der Waals surface area contributed by atoms with Crippen LogP contribution >= 0.6 is 0 Å². The number of benzene rings is 1. The van der Waals surface area contributed by atoms with Gasteiger partial charge in [0.1, 0.15) is 0 Å². The Morgan fingerprint density at radius 1 is 1.25 bits per heavy atom. The fourth-order valence-electron chi connectivity index (χ4n) is 3.27. The first kappa shape index (κ1) is 13.2. The van der Waals surface area contributed by atoms with Crippen LogP contribution in [0.2, 0.25) is 0 Å². The number of rotatable bonds is 4. The number of fused-ring (bicyclic) bond motifs is 1. The fourth-order valence-corrected chi connectivity index (χ4v) is 3.27. The van der Waals surface area contributed by atoms with E-state index in [-0.39, 0.29) is 5.78 Å². The molecule has 0 amide bonds. The zero-order valence-corrected chi connectivity index (χ0v) is 12.2. The van der Waals surface area contributed by atoms with Crippen LogP contribution in [0, 0.1) is 5.92 Å².